The van der Waals surface area contributed by atoms with Crippen molar-refractivity contribution in [3.8, 4) is 0 Å². The lowest BCUT2D eigenvalue weighted by molar-refractivity contribution is -0.122. The number of nitrogens with one attached hydrogen (secondary N) is 2. The third-order valence-electron chi connectivity index (χ3n) is 4.91. The second kappa shape index (κ2) is 8.21. The molecular formula is C19H26N4O3S. The zero-order valence-corrected chi connectivity index (χ0v) is 16.9. The van der Waals surface area contributed by atoms with Crippen LogP contribution >= 0.6 is 11.3 Å². The average Bonchev–Trinajstić information content (AvgIpc) is 2.81. The molecule has 146 valence electrons. The monoisotopic (exact) mass is 390 g/mol. The van der Waals surface area contributed by atoms with Crippen LogP contribution in [-0.4, -0.2) is 34.0 Å². The summed E-state index contributed by atoms with van der Waals surface area (Å²) < 4.78 is 1.76. The van der Waals surface area contributed by atoms with Crippen LogP contribution in [-0.2, 0) is 17.8 Å². The predicted molar refractivity (Wildman–Crippen MR) is 106 cm³/mol. The van der Waals surface area contributed by atoms with Crippen molar-refractivity contribution < 1.29 is 9.59 Å². The average molecular weight is 391 g/mol. The molecule has 2 N–H and O–H groups in total. The van der Waals surface area contributed by atoms with Crippen molar-refractivity contribution in [2.45, 2.75) is 65.5 Å². The molecule has 0 saturated carbocycles. The lowest BCUT2D eigenvalue weighted by Crippen LogP contribution is -2.44. The third kappa shape index (κ3) is 3.90. The molecule has 0 fully saturated rings. The molecule has 1 atom stereocenters. The molecule has 27 heavy (non-hydrogen) atoms. The first-order valence-corrected chi connectivity index (χ1v) is 10.4. The van der Waals surface area contributed by atoms with Crippen LogP contribution in [0.3, 0.4) is 0 Å². The highest BCUT2D eigenvalue weighted by Crippen LogP contribution is 2.28. The van der Waals surface area contributed by atoms with Gasteiger partial charge in [-0.2, -0.15) is 0 Å². The van der Waals surface area contributed by atoms with Crippen LogP contribution in [0.2, 0.25) is 0 Å². The number of hydrogen-bond acceptors (Lipinski definition) is 5. The van der Waals surface area contributed by atoms with Gasteiger partial charge in [0.25, 0.3) is 11.5 Å². The van der Waals surface area contributed by atoms with Gasteiger partial charge in [0.15, 0.2) is 0 Å². The molecule has 0 spiro atoms. The lowest BCUT2D eigenvalue weighted by atomic mass is 10.2. The molecule has 0 aromatic carbocycles. The number of nitrogens with zero attached hydrogens (tertiary/aromatic N) is 2. The number of thiophene rings is 1. The van der Waals surface area contributed by atoms with E-state index in [0.29, 0.717) is 33.7 Å². The molecule has 1 aliphatic rings. The summed E-state index contributed by atoms with van der Waals surface area (Å²) in [4.78, 5) is 43.4. The van der Waals surface area contributed by atoms with Gasteiger partial charge >= 0.3 is 0 Å². The summed E-state index contributed by atoms with van der Waals surface area (Å²) in [6, 6.07) is -0.639. The third-order valence-corrected chi connectivity index (χ3v) is 6.09. The Balaban J connectivity index is 1.90. The van der Waals surface area contributed by atoms with Crippen molar-refractivity contribution in [2.75, 3.05) is 6.54 Å². The van der Waals surface area contributed by atoms with Gasteiger partial charge in [0.05, 0.1) is 10.3 Å². The van der Waals surface area contributed by atoms with E-state index in [9.17, 15) is 14.4 Å². The fourth-order valence-electron chi connectivity index (χ4n) is 3.36. The van der Waals surface area contributed by atoms with Crippen molar-refractivity contribution in [1.29, 1.82) is 0 Å². The second-order valence-electron chi connectivity index (χ2n) is 7.02. The van der Waals surface area contributed by atoms with E-state index in [1.54, 1.807) is 18.4 Å². The van der Waals surface area contributed by atoms with Gasteiger partial charge in [-0.1, -0.05) is 13.3 Å². The molecule has 7 nitrogen and oxygen atoms in total. The first-order chi connectivity index (χ1) is 12.9. The zero-order valence-electron chi connectivity index (χ0n) is 16.1. The second-order valence-corrected chi connectivity index (χ2v) is 8.02. The Morgan fingerprint density at radius 3 is 2.81 bits per heavy atom. The fraction of sp³-hybridized carbons (Fsp3) is 0.579. The van der Waals surface area contributed by atoms with Crippen molar-refractivity contribution >= 4 is 33.4 Å². The van der Waals surface area contributed by atoms with E-state index >= 15 is 0 Å². The summed E-state index contributed by atoms with van der Waals surface area (Å²) in [5.41, 5.74) is 0.587. The highest BCUT2D eigenvalue weighted by atomic mass is 32.1. The minimum Gasteiger partial charge on any atom is -0.354 e. The smallest absolute Gasteiger partial charge is 0.262 e. The van der Waals surface area contributed by atoms with Crippen molar-refractivity contribution in [3.05, 3.63) is 26.6 Å². The maximum Gasteiger partial charge on any atom is 0.262 e. The summed E-state index contributed by atoms with van der Waals surface area (Å²) in [6.45, 7) is 6.66. The van der Waals surface area contributed by atoms with Gasteiger partial charge in [-0.25, -0.2) is 4.98 Å². The van der Waals surface area contributed by atoms with Gasteiger partial charge < -0.3 is 10.6 Å². The van der Waals surface area contributed by atoms with E-state index in [0.717, 1.165) is 37.9 Å². The van der Waals surface area contributed by atoms with E-state index in [2.05, 4.69) is 15.6 Å². The number of carbonyl (C=O) groups is 2. The molecule has 8 heteroatoms. The summed E-state index contributed by atoms with van der Waals surface area (Å²) >= 11 is 1.23. The van der Waals surface area contributed by atoms with Gasteiger partial charge in [-0.05, 0) is 38.7 Å². The zero-order chi connectivity index (χ0) is 19.6. The van der Waals surface area contributed by atoms with Gasteiger partial charge in [0.2, 0.25) is 5.91 Å². The largest absolute Gasteiger partial charge is 0.354 e. The topological polar surface area (TPSA) is 93.1 Å². The number of hydrogen-bond donors (Lipinski definition) is 2. The van der Waals surface area contributed by atoms with Crippen molar-refractivity contribution in [1.82, 2.24) is 20.2 Å². The van der Waals surface area contributed by atoms with E-state index < -0.39 is 6.04 Å². The van der Waals surface area contributed by atoms with E-state index in [1.165, 1.54) is 11.3 Å². The maximum absolute atomic E-state index is 13.0. The number of amides is 2. The molecule has 3 rings (SSSR count). The number of aromatic nitrogens is 2. The van der Waals surface area contributed by atoms with Gasteiger partial charge in [0, 0.05) is 19.5 Å². The summed E-state index contributed by atoms with van der Waals surface area (Å²) in [5.74, 6) is 0.258. The highest BCUT2D eigenvalue weighted by molar-refractivity contribution is 7.20. The molecule has 0 radical (unpaired) electrons. The molecule has 1 unspecified atom stereocenters. The summed E-state index contributed by atoms with van der Waals surface area (Å²) in [5, 5.41) is 6.02. The van der Waals surface area contributed by atoms with Crippen LogP contribution in [0.4, 0.5) is 0 Å². The van der Waals surface area contributed by atoms with Crippen LogP contribution < -0.4 is 16.2 Å². The summed E-state index contributed by atoms with van der Waals surface area (Å²) in [7, 11) is 0. The first kappa shape index (κ1) is 19.5. The number of aryl methyl sites for hydroxylation is 2. The SMILES string of the molecule is CCCNC(=O)C(C)NC(=O)c1sc2nc3n(c(=O)c2c1C)CCCCC3. The molecule has 0 bridgehead atoms. The van der Waals surface area contributed by atoms with E-state index in [-0.39, 0.29) is 17.4 Å². The standard InChI is InChI=1S/C19H26N4O3S/c1-4-9-20-16(24)12(3)21-17(25)15-11(2)14-18(27-15)22-13-8-6-5-7-10-23(13)19(14)26/h12H,4-10H2,1-3H3,(H,20,24)(H,21,25). The molecule has 3 heterocycles. The molecular weight excluding hydrogens is 364 g/mol. The van der Waals surface area contributed by atoms with Crippen molar-refractivity contribution in [3.63, 3.8) is 0 Å². The molecule has 0 saturated heterocycles. The van der Waals surface area contributed by atoms with Gasteiger partial charge in [-0.3, -0.25) is 19.0 Å². The predicted octanol–water partition coefficient (Wildman–Crippen LogP) is 2.14. The molecule has 0 aliphatic carbocycles. The Kier molecular flexibility index (Phi) is 5.94. The summed E-state index contributed by atoms with van der Waals surface area (Å²) in [6.07, 6.45) is 4.72. The maximum atomic E-state index is 13.0. The fourth-order valence-corrected chi connectivity index (χ4v) is 4.45. The van der Waals surface area contributed by atoms with Crippen LogP contribution in [0.15, 0.2) is 4.79 Å². The van der Waals surface area contributed by atoms with E-state index in [4.69, 9.17) is 0 Å². The van der Waals surface area contributed by atoms with Crippen LogP contribution in [0.25, 0.3) is 10.2 Å². The molecule has 2 amide bonds. The highest BCUT2D eigenvalue weighted by Gasteiger charge is 2.24. The van der Waals surface area contributed by atoms with Crippen LogP contribution in [0.5, 0.6) is 0 Å². The Morgan fingerprint density at radius 2 is 2.07 bits per heavy atom. The quantitative estimate of drug-likeness (QED) is 0.818. The van der Waals surface area contributed by atoms with Gasteiger partial charge in [-0.15, -0.1) is 11.3 Å². The Hall–Kier alpha value is -2.22. The number of rotatable bonds is 5. The van der Waals surface area contributed by atoms with Crippen molar-refractivity contribution in [2.24, 2.45) is 0 Å². The Labute approximate surface area is 162 Å². The number of fused-ring (bicyclic) bond motifs is 2. The van der Waals surface area contributed by atoms with E-state index in [1.807, 2.05) is 6.92 Å². The minimum absolute atomic E-state index is 0.0570. The van der Waals surface area contributed by atoms with Gasteiger partial charge in [0.1, 0.15) is 16.7 Å². The lowest BCUT2D eigenvalue weighted by Gasteiger charge is -2.13. The van der Waals surface area contributed by atoms with Crippen LogP contribution in [0.1, 0.15) is 60.6 Å². The Morgan fingerprint density at radius 1 is 1.30 bits per heavy atom. The molecule has 2 aromatic rings. The minimum atomic E-state index is -0.639. The first-order valence-electron chi connectivity index (χ1n) is 9.55. The molecule has 1 aliphatic heterocycles. The normalized spacial score (nSPS) is 15.1. The van der Waals surface area contributed by atoms with Crippen LogP contribution in [0, 0.1) is 6.92 Å². The Bertz CT molecular complexity index is 931. The number of carbonyl (C=O) groups excluding carboxylic acids is 2. The molecule has 2 aromatic heterocycles.